The van der Waals surface area contributed by atoms with Crippen LogP contribution in [-0.4, -0.2) is 28.3 Å². The summed E-state index contributed by atoms with van der Waals surface area (Å²) in [5.74, 6) is -0.521. The first-order chi connectivity index (χ1) is 15.9. The number of ether oxygens (including phenoxy) is 1. The van der Waals surface area contributed by atoms with Crippen molar-refractivity contribution in [1.82, 2.24) is 4.98 Å². The molecule has 2 heterocycles. The second kappa shape index (κ2) is 10.1. The van der Waals surface area contributed by atoms with Crippen LogP contribution in [0.4, 0.5) is 4.39 Å². The molecular weight excluding hydrogens is 417 g/mol. The molecule has 0 radical (unpaired) electrons. The molecule has 0 unspecified atom stereocenters. The summed E-state index contributed by atoms with van der Waals surface area (Å²) in [6.45, 7) is 4.25. The summed E-state index contributed by atoms with van der Waals surface area (Å²) in [5.41, 5.74) is 5.50. The Labute approximate surface area is 193 Å². The van der Waals surface area contributed by atoms with Gasteiger partial charge in [-0.3, -0.25) is 9.78 Å². The molecule has 1 saturated heterocycles. The van der Waals surface area contributed by atoms with Crippen molar-refractivity contribution in [2.24, 2.45) is 0 Å². The van der Waals surface area contributed by atoms with Gasteiger partial charge in [0.25, 0.3) is 0 Å². The number of rotatable bonds is 6. The van der Waals surface area contributed by atoms with Gasteiger partial charge in [-0.1, -0.05) is 62.4 Å². The van der Waals surface area contributed by atoms with Crippen molar-refractivity contribution in [2.75, 3.05) is 0 Å². The molecule has 1 fully saturated rings. The van der Waals surface area contributed by atoms with Gasteiger partial charge in [-0.05, 0) is 47.7 Å². The highest BCUT2D eigenvalue weighted by Gasteiger charge is 2.26. The Morgan fingerprint density at radius 2 is 1.88 bits per heavy atom. The fourth-order valence-electron chi connectivity index (χ4n) is 4.07. The van der Waals surface area contributed by atoms with E-state index in [9.17, 15) is 14.3 Å². The van der Waals surface area contributed by atoms with Gasteiger partial charge in [-0.2, -0.15) is 0 Å². The highest BCUT2D eigenvalue weighted by molar-refractivity contribution is 5.81. The van der Waals surface area contributed by atoms with Crippen LogP contribution in [0.1, 0.15) is 50.3 Å². The van der Waals surface area contributed by atoms with E-state index in [0.29, 0.717) is 6.42 Å². The quantitative estimate of drug-likeness (QED) is 0.463. The first kappa shape index (κ1) is 22.9. The van der Waals surface area contributed by atoms with Gasteiger partial charge in [-0.25, -0.2) is 4.39 Å². The molecule has 33 heavy (non-hydrogen) atoms. The van der Waals surface area contributed by atoms with Gasteiger partial charge in [0.15, 0.2) is 0 Å². The van der Waals surface area contributed by atoms with Crippen molar-refractivity contribution in [3.05, 3.63) is 83.8 Å². The molecule has 3 atom stereocenters. The van der Waals surface area contributed by atoms with E-state index in [2.05, 4.69) is 13.8 Å². The first-order valence-electron chi connectivity index (χ1n) is 11.4. The number of aliphatic hydroxyl groups excluding tert-OH is 1. The maximum atomic E-state index is 13.7. The van der Waals surface area contributed by atoms with E-state index in [0.717, 1.165) is 40.1 Å². The number of benzene rings is 2. The summed E-state index contributed by atoms with van der Waals surface area (Å²) in [5, 5.41) is 9.97. The number of halogens is 1. The van der Waals surface area contributed by atoms with Crippen molar-refractivity contribution in [3.63, 3.8) is 0 Å². The molecule has 3 aromatic rings. The number of hydrogen-bond acceptors (Lipinski definition) is 4. The number of aromatic nitrogens is 1. The molecular formula is C28H28FNO3. The second-order valence-electron chi connectivity index (χ2n) is 8.52. The summed E-state index contributed by atoms with van der Waals surface area (Å²) in [4.78, 5) is 16.8. The minimum atomic E-state index is -0.704. The third-order valence-corrected chi connectivity index (χ3v) is 6.06. The number of cyclic esters (lactones) is 1. The smallest absolute Gasteiger partial charge is 0.309 e. The lowest BCUT2D eigenvalue weighted by Gasteiger charge is -2.24. The Morgan fingerprint density at radius 3 is 2.55 bits per heavy atom. The fraction of sp³-hybridized carbons (Fsp3) is 0.286. The third kappa shape index (κ3) is 5.37. The molecule has 4 nitrogen and oxygen atoms in total. The molecule has 1 N–H and O–H groups in total. The lowest BCUT2D eigenvalue weighted by molar-refractivity contribution is -0.156. The summed E-state index contributed by atoms with van der Waals surface area (Å²) in [6, 6.07) is 18.4. The molecule has 2 aromatic carbocycles. The Balaban J connectivity index is 1.87. The van der Waals surface area contributed by atoms with Crippen LogP contribution < -0.4 is 0 Å². The van der Waals surface area contributed by atoms with Crippen LogP contribution >= 0.6 is 0 Å². The molecule has 0 amide bonds. The summed E-state index contributed by atoms with van der Waals surface area (Å²) >= 11 is 0. The molecule has 170 valence electrons. The molecule has 1 aromatic heterocycles. The molecule has 0 saturated carbocycles. The lowest BCUT2D eigenvalue weighted by Crippen LogP contribution is -2.31. The SMILES string of the molecule is CC[C@H](C)c1nc(-c2ccccc2)cc(-c2ccc(F)cc2)c1C=C[C@@H]1C[C@@H](O)CC(=O)O1. The molecule has 1 aliphatic heterocycles. The molecule has 0 aliphatic carbocycles. The number of nitrogens with zero attached hydrogens (tertiary/aromatic N) is 1. The monoisotopic (exact) mass is 445 g/mol. The van der Waals surface area contributed by atoms with E-state index in [4.69, 9.17) is 9.72 Å². The van der Waals surface area contributed by atoms with Gasteiger partial charge in [0.1, 0.15) is 11.9 Å². The minimum Gasteiger partial charge on any atom is -0.458 e. The van der Waals surface area contributed by atoms with Gasteiger partial charge in [0.2, 0.25) is 0 Å². The van der Waals surface area contributed by atoms with Crippen molar-refractivity contribution < 1.29 is 19.0 Å². The first-order valence-corrected chi connectivity index (χ1v) is 11.4. The van der Waals surface area contributed by atoms with E-state index >= 15 is 0 Å². The number of hydrogen-bond donors (Lipinski definition) is 1. The number of carbonyl (C=O) groups excluding carboxylic acids is 1. The second-order valence-corrected chi connectivity index (χ2v) is 8.52. The standard InChI is InChI=1S/C28H28FNO3/c1-3-18(2)28-24(14-13-23-15-22(31)16-27(32)33-23)25(19-9-11-21(29)12-10-19)17-26(30-28)20-7-5-4-6-8-20/h4-14,17-18,22-23,31H,3,15-16H2,1-2H3/t18-,22+,23+/m0/s1. The van der Waals surface area contributed by atoms with Gasteiger partial charge < -0.3 is 9.84 Å². The molecule has 5 heteroatoms. The van der Waals surface area contributed by atoms with Crippen LogP contribution in [0.15, 0.2) is 66.7 Å². The number of carbonyl (C=O) groups is 1. The topological polar surface area (TPSA) is 59.4 Å². The van der Waals surface area contributed by atoms with Crippen molar-refractivity contribution >= 4 is 12.0 Å². The maximum absolute atomic E-state index is 13.7. The largest absolute Gasteiger partial charge is 0.458 e. The van der Waals surface area contributed by atoms with Crippen molar-refractivity contribution in [1.29, 1.82) is 0 Å². The zero-order chi connectivity index (χ0) is 23.4. The van der Waals surface area contributed by atoms with Crippen LogP contribution in [0.3, 0.4) is 0 Å². The van der Waals surface area contributed by atoms with E-state index in [-0.39, 0.29) is 18.2 Å². The average Bonchev–Trinajstić information content (AvgIpc) is 2.82. The minimum absolute atomic E-state index is 0.0244. The Kier molecular flexibility index (Phi) is 6.99. The highest BCUT2D eigenvalue weighted by Crippen LogP contribution is 2.35. The molecule has 0 bridgehead atoms. The average molecular weight is 446 g/mol. The van der Waals surface area contributed by atoms with Gasteiger partial charge in [-0.15, -0.1) is 0 Å². The van der Waals surface area contributed by atoms with Gasteiger partial charge >= 0.3 is 5.97 Å². The normalized spacial score (nSPS) is 19.5. The summed E-state index contributed by atoms with van der Waals surface area (Å²) in [6.07, 6.45) is 3.83. The zero-order valence-electron chi connectivity index (χ0n) is 18.9. The highest BCUT2D eigenvalue weighted by atomic mass is 19.1. The summed E-state index contributed by atoms with van der Waals surface area (Å²) in [7, 11) is 0. The summed E-state index contributed by atoms with van der Waals surface area (Å²) < 4.78 is 19.1. The lowest BCUT2D eigenvalue weighted by atomic mass is 9.90. The molecule has 0 spiro atoms. The Morgan fingerprint density at radius 1 is 1.15 bits per heavy atom. The van der Waals surface area contributed by atoms with Crippen LogP contribution in [0.2, 0.25) is 0 Å². The maximum Gasteiger partial charge on any atom is 0.309 e. The van der Waals surface area contributed by atoms with Crippen LogP contribution in [0.25, 0.3) is 28.5 Å². The van der Waals surface area contributed by atoms with E-state index < -0.39 is 18.2 Å². The van der Waals surface area contributed by atoms with E-state index in [1.807, 2.05) is 48.6 Å². The van der Waals surface area contributed by atoms with Crippen LogP contribution in [0.5, 0.6) is 0 Å². The fourth-order valence-corrected chi connectivity index (χ4v) is 4.07. The predicted octanol–water partition coefficient (Wildman–Crippen LogP) is 6.15. The van der Waals surface area contributed by atoms with E-state index in [1.54, 1.807) is 12.1 Å². The van der Waals surface area contributed by atoms with Crippen LogP contribution in [0, 0.1) is 5.82 Å². The number of pyridine rings is 1. The molecule has 1 aliphatic rings. The van der Waals surface area contributed by atoms with Crippen molar-refractivity contribution in [3.8, 4) is 22.4 Å². The number of esters is 1. The number of aliphatic hydroxyl groups is 1. The van der Waals surface area contributed by atoms with Gasteiger partial charge in [0.05, 0.1) is 23.9 Å². The van der Waals surface area contributed by atoms with Crippen molar-refractivity contribution in [2.45, 2.75) is 51.2 Å². The van der Waals surface area contributed by atoms with Crippen LogP contribution in [-0.2, 0) is 9.53 Å². The third-order valence-electron chi connectivity index (χ3n) is 6.06. The van der Waals surface area contributed by atoms with E-state index in [1.165, 1.54) is 12.1 Å². The molecule has 4 rings (SSSR count). The predicted molar refractivity (Wildman–Crippen MR) is 128 cm³/mol. The Hall–Kier alpha value is -3.31. The van der Waals surface area contributed by atoms with Gasteiger partial charge in [0, 0.05) is 17.5 Å². The zero-order valence-corrected chi connectivity index (χ0v) is 18.9. The Bertz CT molecular complexity index is 1140.